The van der Waals surface area contributed by atoms with E-state index in [9.17, 15) is 4.79 Å². The van der Waals surface area contributed by atoms with E-state index >= 15 is 0 Å². The Bertz CT molecular complexity index is 313. The number of rotatable bonds is 2. The van der Waals surface area contributed by atoms with Crippen molar-refractivity contribution in [3.63, 3.8) is 0 Å². The Morgan fingerprint density at radius 2 is 2.57 bits per heavy atom. The molecule has 1 aromatic heterocycles. The lowest BCUT2D eigenvalue weighted by molar-refractivity contribution is -0.142. The van der Waals surface area contributed by atoms with E-state index in [2.05, 4.69) is 10.3 Å². The second kappa shape index (κ2) is 4.06. The van der Waals surface area contributed by atoms with Crippen LogP contribution in [0.2, 0.25) is 0 Å². The Hall–Kier alpha value is -0.940. The van der Waals surface area contributed by atoms with Gasteiger partial charge in [0, 0.05) is 17.1 Å². The summed E-state index contributed by atoms with van der Waals surface area (Å²) in [6, 6.07) is 0.178. The topological polar surface area (TPSA) is 62.2 Å². The highest BCUT2D eigenvalue weighted by Gasteiger charge is 2.27. The van der Waals surface area contributed by atoms with Crippen molar-refractivity contribution in [2.75, 3.05) is 6.54 Å². The molecule has 1 aliphatic rings. The predicted octanol–water partition coefficient (Wildman–Crippen LogP) is 1.27. The summed E-state index contributed by atoms with van der Waals surface area (Å²) >= 11 is 1.58. The standard InChI is InChI=1S/C9H12N2O2S/c12-9(13)6-1-2-11-7(3-6)8-4-10-5-14-8/h4-7,11H,1-3H2,(H,12,13). The molecule has 0 radical (unpaired) electrons. The molecule has 0 bridgehead atoms. The first-order valence-electron chi connectivity index (χ1n) is 4.62. The van der Waals surface area contributed by atoms with Crippen LogP contribution in [-0.2, 0) is 4.79 Å². The number of aromatic nitrogens is 1. The number of piperidine rings is 1. The maximum absolute atomic E-state index is 10.8. The van der Waals surface area contributed by atoms with E-state index in [-0.39, 0.29) is 12.0 Å². The average Bonchev–Trinajstić information content (AvgIpc) is 2.71. The highest BCUT2D eigenvalue weighted by Crippen LogP contribution is 2.29. The molecule has 4 nitrogen and oxygen atoms in total. The van der Waals surface area contributed by atoms with Crippen molar-refractivity contribution in [2.24, 2.45) is 5.92 Å². The van der Waals surface area contributed by atoms with Crippen molar-refractivity contribution in [2.45, 2.75) is 18.9 Å². The lowest BCUT2D eigenvalue weighted by atomic mass is 9.92. The van der Waals surface area contributed by atoms with Crippen LogP contribution in [0.25, 0.3) is 0 Å². The summed E-state index contributed by atoms with van der Waals surface area (Å²) in [5.41, 5.74) is 1.78. The van der Waals surface area contributed by atoms with Crippen LogP contribution in [-0.4, -0.2) is 22.6 Å². The molecule has 5 heteroatoms. The fourth-order valence-corrected chi connectivity index (χ4v) is 2.47. The van der Waals surface area contributed by atoms with Crippen LogP contribution < -0.4 is 5.32 Å². The molecule has 2 rings (SSSR count). The summed E-state index contributed by atoms with van der Waals surface area (Å²) in [5, 5.41) is 12.2. The first-order valence-corrected chi connectivity index (χ1v) is 5.50. The molecule has 1 fully saturated rings. The molecule has 1 aliphatic heterocycles. The molecular weight excluding hydrogens is 200 g/mol. The molecule has 1 aromatic rings. The number of carboxylic acids is 1. The number of nitrogens with zero attached hydrogens (tertiary/aromatic N) is 1. The minimum Gasteiger partial charge on any atom is -0.481 e. The third-order valence-electron chi connectivity index (χ3n) is 2.55. The van der Waals surface area contributed by atoms with E-state index in [0.717, 1.165) is 17.8 Å². The second-order valence-corrected chi connectivity index (χ2v) is 4.39. The predicted molar refractivity (Wildman–Crippen MR) is 53.2 cm³/mol. The molecule has 2 unspecified atom stereocenters. The number of carbonyl (C=O) groups is 1. The smallest absolute Gasteiger partial charge is 0.306 e. The fraction of sp³-hybridized carbons (Fsp3) is 0.556. The van der Waals surface area contributed by atoms with E-state index in [1.54, 1.807) is 16.8 Å². The van der Waals surface area contributed by atoms with Crippen LogP contribution in [0.15, 0.2) is 11.7 Å². The van der Waals surface area contributed by atoms with Gasteiger partial charge in [-0.15, -0.1) is 11.3 Å². The van der Waals surface area contributed by atoms with E-state index in [1.165, 1.54) is 0 Å². The summed E-state index contributed by atoms with van der Waals surface area (Å²) in [4.78, 5) is 16.0. The normalized spacial score (nSPS) is 27.4. The number of nitrogens with one attached hydrogen (secondary N) is 1. The fourth-order valence-electron chi connectivity index (χ4n) is 1.76. The monoisotopic (exact) mass is 212 g/mol. The Morgan fingerprint density at radius 3 is 3.21 bits per heavy atom. The van der Waals surface area contributed by atoms with Crippen LogP contribution in [0.4, 0.5) is 0 Å². The van der Waals surface area contributed by atoms with Crippen LogP contribution in [0.3, 0.4) is 0 Å². The van der Waals surface area contributed by atoms with Gasteiger partial charge >= 0.3 is 5.97 Å². The van der Waals surface area contributed by atoms with Crippen LogP contribution in [0.5, 0.6) is 0 Å². The third-order valence-corrected chi connectivity index (χ3v) is 3.44. The molecule has 2 heterocycles. The molecule has 76 valence electrons. The molecular formula is C9H12N2O2S. The van der Waals surface area contributed by atoms with Gasteiger partial charge in [0.05, 0.1) is 11.4 Å². The van der Waals surface area contributed by atoms with E-state index in [1.807, 2.05) is 6.20 Å². The maximum Gasteiger partial charge on any atom is 0.306 e. The highest BCUT2D eigenvalue weighted by molar-refractivity contribution is 7.09. The minimum absolute atomic E-state index is 0.178. The molecule has 1 saturated heterocycles. The SMILES string of the molecule is O=C(O)C1CCNC(c2cncs2)C1. The molecule has 2 atom stereocenters. The molecule has 2 N–H and O–H groups in total. The zero-order valence-corrected chi connectivity index (χ0v) is 8.46. The van der Waals surface area contributed by atoms with Gasteiger partial charge in [0.25, 0.3) is 0 Å². The zero-order chi connectivity index (χ0) is 9.97. The molecule has 0 saturated carbocycles. The first kappa shape index (κ1) is 9.61. The first-order chi connectivity index (χ1) is 6.77. The van der Waals surface area contributed by atoms with E-state index in [0.29, 0.717) is 6.42 Å². The van der Waals surface area contributed by atoms with Crippen molar-refractivity contribution in [3.8, 4) is 0 Å². The van der Waals surface area contributed by atoms with Crippen molar-refractivity contribution in [1.82, 2.24) is 10.3 Å². The maximum atomic E-state index is 10.8. The third kappa shape index (κ3) is 1.93. The van der Waals surface area contributed by atoms with Gasteiger partial charge in [-0.2, -0.15) is 0 Å². The van der Waals surface area contributed by atoms with Crippen LogP contribution in [0.1, 0.15) is 23.8 Å². The number of thiazole rings is 1. The van der Waals surface area contributed by atoms with Gasteiger partial charge < -0.3 is 10.4 Å². The van der Waals surface area contributed by atoms with Crippen molar-refractivity contribution < 1.29 is 9.90 Å². The molecule has 0 spiro atoms. The lowest BCUT2D eigenvalue weighted by Gasteiger charge is -2.26. The van der Waals surface area contributed by atoms with Gasteiger partial charge in [-0.1, -0.05) is 0 Å². The van der Waals surface area contributed by atoms with Crippen LogP contribution >= 0.6 is 11.3 Å². The number of hydrogen-bond acceptors (Lipinski definition) is 4. The lowest BCUT2D eigenvalue weighted by Crippen LogP contribution is -2.34. The Morgan fingerprint density at radius 1 is 1.71 bits per heavy atom. The zero-order valence-electron chi connectivity index (χ0n) is 7.64. The quantitative estimate of drug-likeness (QED) is 0.775. The highest BCUT2D eigenvalue weighted by atomic mass is 32.1. The van der Waals surface area contributed by atoms with Crippen molar-refractivity contribution in [3.05, 3.63) is 16.6 Å². The van der Waals surface area contributed by atoms with Crippen molar-refractivity contribution >= 4 is 17.3 Å². The number of hydrogen-bond donors (Lipinski definition) is 2. The van der Waals surface area contributed by atoms with E-state index < -0.39 is 5.97 Å². The molecule has 0 aromatic carbocycles. The Kier molecular flexibility index (Phi) is 2.79. The van der Waals surface area contributed by atoms with Gasteiger partial charge in [-0.25, -0.2) is 0 Å². The van der Waals surface area contributed by atoms with Crippen LogP contribution in [0, 0.1) is 5.92 Å². The number of aliphatic carboxylic acids is 1. The van der Waals surface area contributed by atoms with Gasteiger partial charge in [0.15, 0.2) is 0 Å². The second-order valence-electron chi connectivity index (χ2n) is 3.47. The minimum atomic E-state index is -0.680. The summed E-state index contributed by atoms with van der Waals surface area (Å²) in [5.74, 6) is -0.885. The summed E-state index contributed by atoms with van der Waals surface area (Å²) in [7, 11) is 0. The van der Waals surface area contributed by atoms with Gasteiger partial charge in [-0.05, 0) is 19.4 Å². The molecule has 14 heavy (non-hydrogen) atoms. The van der Waals surface area contributed by atoms with E-state index in [4.69, 9.17) is 5.11 Å². The molecule has 0 amide bonds. The van der Waals surface area contributed by atoms with Gasteiger partial charge in [0.2, 0.25) is 0 Å². The summed E-state index contributed by atoms with van der Waals surface area (Å²) in [6.07, 6.45) is 3.22. The Balaban J connectivity index is 2.04. The average molecular weight is 212 g/mol. The summed E-state index contributed by atoms with van der Waals surface area (Å²) < 4.78 is 0. The van der Waals surface area contributed by atoms with Gasteiger partial charge in [0.1, 0.15) is 0 Å². The molecule has 0 aliphatic carbocycles. The Labute approximate surface area is 86.0 Å². The van der Waals surface area contributed by atoms with Gasteiger partial charge in [-0.3, -0.25) is 9.78 Å². The largest absolute Gasteiger partial charge is 0.481 e. The number of carboxylic acid groups (broad SMARTS) is 1. The summed E-state index contributed by atoms with van der Waals surface area (Å²) in [6.45, 7) is 0.777. The van der Waals surface area contributed by atoms with Crippen molar-refractivity contribution in [1.29, 1.82) is 0 Å².